The highest BCUT2D eigenvalue weighted by molar-refractivity contribution is 5.91. The normalized spacial score (nSPS) is 11.1. The van der Waals surface area contributed by atoms with Gasteiger partial charge in [-0.2, -0.15) is 0 Å². The Hall–Kier alpha value is -3.02. The average Bonchev–Trinajstić information content (AvgIpc) is 2.96. The Kier molecular flexibility index (Phi) is 3.91. The smallest absolute Gasteiger partial charge is 0.244 e. The van der Waals surface area contributed by atoms with Crippen molar-refractivity contribution in [1.29, 1.82) is 0 Å². The van der Waals surface area contributed by atoms with Crippen LogP contribution >= 0.6 is 0 Å². The van der Waals surface area contributed by atoms with E-state index >= 15 is 0 Å². The second-order valence-corrected chi connectivity index (χ2v) is 4.65. The number of hydrogen-bond acceptors (Lipinski definition) is 3. The van der Waals surface area contributed by atoms with Crippen LogP contribution in [-0.2, 0) is 11.3 Å². The lowest BCUT2D eigenvalue weighted by atomic mass is 10.2. The number of amides is 1. The molecule has 1 N–H and O–H groups in total. The molecule has 22 heavy (non-hydrogen) atoms. The van der Waals surface area contributed by atoms with Gasteiger partial charge in [-0.1, -0.05) is 18.2 Å². The highest BCUT2D eigenvalue weighted by Crippen LogP contribution is 2.05. The number of halogens is 1. The van der Waals surface area contributed by atoms with E-state index in [1.54, 1.807) is 18.2 Å². The molecule has 0 saturated heterocycles. The molecule has 5 nitrogen and oxygen atoms in total. The summed E-state index contributed by atoms with van der Waals surface area (Å²) < 4.78 is 14.6. The van der Waals surface area contributed by atoms with E-state index in [0.29, 0.717) is 5.82 Å². The molecule has 0 aliphatic rings. The van der Waals surface area contributed by atoms with Crippen molar-refractivity contribution in [2.45, 2.75) is 6.54 Å². The van der Waals surface area contributed by atoms with Crippen LogP contribution in [0.25, 0.3) is 11.7 Å². The number of aromatic nitrogens is 3. The summed E-state index contributed by atoms with van der Waals surface area (Å²) in [6.07, 6.45) is 4.86. The maximum Gasteiger partial charge on any atom is 0.244 e. The van der Waals surface area contributed by atoms with E-state index in [0.717, 1.165) is 11.2 Å². The molecule has 0 saturated carbocycles. The van der Waals surface area contributed by atoms with Crippen molar-refractivity contribution in [3.63, 3.8) is 0 Å². The molecule has 0 aliphatic heterocycles. The Bertz CT molecular complexity index is 824. The van der Waals surface area contributed by atoms with Crippen molar-refractivity contribution in [3.05, 3.63) is 71.9 Å². The van der Waals surface area contributed by atoms with Crippen molar-refractivity contribution in [1.82, 2.24) is 19.9 Å². The summed E-state index contributed by atoms with van der Waals surface area (Å²) in [6.45, 7) is 0.276. The monoisotopic (exact) mass is 296 g/mol. The van der Waals surface area contributed by atoms with Crippen LogP contribution in [-0.4, -0.2) is 20.5 Å². The van der Waals surface area contributed by atoms with Crippen LogP contribution in [0.15, 0.2) is 54.7 Å². The number of hydrogen-bond donors (Lipinski definition) is 1. The minimum absolute atomic E-state index is 0.253. The molecule has 2 aromatic heterocycles. The molecule has 6 heteroatoms. The molecule has 0 fully saturated rings. The molecule has 0 spiro atoms. The number of benzene rings is 1. The minimum atomic E-state index is -0.305. The van der Waals surface area contributed by atoms with Gasteiger partial charge in [0.1, 0.15) is 5.82 Å². The van der Waals surface area contributed by atoms with E-state index in [2.05, 4.69) is 15.5 Å². The molecule has 3 rings (SSSR count). The molecule has 3 aromatic rings. The van der Waals surface area contributed by atoms with E-state index in [9.17, 15) is 9.18 Å². The van der Waals surface area contributed by atoms with Gasteiger partial charge in [-0.3, -0.25) is 9.20 Å². The third-order valence-electron chi connectivity index (χ3n) is 3.10. The summed E-state index contributed by atoms with van der Waals surface area (Å²) in [5.41, 5.74) is 1.48. The first-order chi connectivity index (χ1) is 10.7. The van der Waals surface area contributed by atoms with Gasteiger partial charge in [-0.05, 0) is 35.9 Å². The quantitative estimate of drug-likeness (QED) is 0.751. The maximum atomic E-state index is 12.8. The van der Waals surface area contributed by atoms with E-state index < -0.39 is 0 Å². The van der Waals surface area contributed by atoms with Gasteiger partial charge in [0.15, 0.2) is 11.5 Å². The van der Waals surface area contributed by atoms with E-state index in [1.165, 1.54) is 18.2 Å². The lowest BCUT2D eigenvalue weighted by Crippen LogP contribution is -2.21. The highest BCUT2D eigenvalue weighted by Gasteiger charge is 2.05. The van der Waals surface area contributed by atoms with Gasteiger partial charge < -0.3 is 5.32 Å². The van der Waals surface area contributed by atoms with Crippen molar-refractivity contribution in [2.24, 2.45) is 0 Å². The zero-order valence-corrected chi connectivity index (χ0v) is 11.6. The number of nitrogens with one attached hydrogen (secondary N) is 1. The zero-order chi connectivity index (χ0) is 15.4. The van der Waals surface area contributed by atoms with Gasteiger partial charge in [-0.15, -0.1) is 10.2 Å². The van der Waals surface area contributed by atoms with Gasteiger partial charge in [0.25, 0.3) is 0 Å². The zero-order valence-electron chi connectivity index (χ0n) is 11.6. The maximum absolute atomic E-state index is 12.8. The predicted octanol–water partition coefficient (Wildman–Crippen LogP) is 2.20. The molecule has 0 atom stereocenters. The summed E-state index contributed by atoms with van der Waals surface area (Å²) in [6, 6.07) is 11.5. The summed E-state index contributed by atoms with van der Waals surface area (Å²) >= 11 is 0. The second-order valence-electron chi connectivity index (χ2n) is 4.65. The molecular formula is C16H13FN4O. The number of carbonyl (C=O) groups is 1. The fraction of sp³-hybridized carbons (Fsp3) is 0.0625. The Labute approximate surface area is 126 Å². The van der Waals surface area contributed by atoms with Gasteiger partial charge in [0.05, 0.1) is 6.54 Å². The topological polar surface area (TPSA) is 59.3 Å². The predicted molar refractivity (Wildman–Crippen MR) is 80.3 cm³/mol. The largest absolute Gasteiger partial charge is 0.345 e. The number of nitrogens with zero attached hydrogens (tertiary/aromatic N) is 3. The molecule has 0 unspecified atom stereocenters. The first-order valence-electron chi connectivity index (χ1n) is 6.72. The number of carbonyl (C=O) groups excluding carboxylic acids is 1. The average molecular weight is 296 g/mol. The molecular weight excluding hydrogens is 283 g/mol. The summed E-state index contributed by atoms with van der Waals surface area (Å²) in [5, 5.41) is 10.8. The summed E-state index contributed by atoms with van der Waals surface area (Å²) in [5.74, 6) is 0.0939. The van der Waals surface area contributed by atoms with E-state index in [4.69, 9.17) is 0 Å². The third-order valence-corrected chi connectivity index (χ3v) is 3.10. The van der Waals surface area contributed by atoms with Crippen LogP contribution < -0.4 is 5.32 Å². The van der Waals surface area contributed by atoms with Gasteiger partial charge >= 0.3 is 0 Å². The number of rotatable bonds is 4. The van der Waals surface area contributed by atoms with Crippen LogP contribution in [0.1, 0.15) is 11.4 Å². The molecule has 0 aliphatic carbocycles. The van der Waals surface area contributed by atoms with E-state index in [-0.39, 0.29) is 18.3 Å². The molecule has 110 valence electrons. The third kappa shape index (κ3) is 3.17. The second kappa shape index (κ2) is 6.17. The van der Waals surface area contributed by atoms with Crippen LogP contribution in [0, 0.1) is 5.82 Å². The molecule has 1 amide bonds. The SMILES string of the molecule is O=C(/C=C/c1ccc(F)cc1)NCc1nnc2ccccn12. The molecule has 0 radical (unpaired) electrons. The summed E-state index contributed by atoms with van der Waals surface area (Å²) in [7, 11) is 0. The Morgan fingerprint density at radius 3 is 2.82 bits per heavy atom. The van der Waals surface area contributed by atoms with Gasteiger partial charge in [0.2, 0.25) is 5.91 Å². The fourth-order valence-corrected chi connectivity index (χ4v) is 1.98. The first kappa shape index (κ1) is 13.9. The van der Waals surface area contributed by atoms with Gasteiger partial charge in [-0.25, -0.2) is 4.39 Å². The highest BCUT2D eigenvalue weighted by atomic mass is 19.1. The van der Waals surface area contributed by atoms with Crippen molar-refractivity contribution < 1.29 is 9.18 Å². The van der Waals surface area contributed by atoms with Crippen LogP contribution in [0.3, 0.4) is 0 Å². The van der Waals surface area contributed by atoms with Crippen LogP contribution in [0.4, 0.5) is 4.39 Å². The molecule has 1 aromatic carbocycles. The Balaban J connectivity index is 1.61. The van der Waals surface area contributed by atoms with Crippen molar-refractivity contribution >= 4 is 17.6 Å². The van der Waals surface area contributed by atoms with Crippen LogP contribution in [0.5, 0.6) is 0 Å². The lowest BCUT2D eigenvalue weighted by Gasteiger charge is -2.01. The lowest BCUT2D eigenvalue weighted by molar-refractivity contribution is -0.116. The fourth-order valence-electron chi connectivity index (χ4n) is 1.98. The van der Waals surface area contributed by atoms with Crippen molar-refractivity contribution in [2.75, 3.05) is 0 Å². The van der Waals surface area contributed by atoms with Gasteiger partial charge in [0, 0.05) is 12.3 Å². The van der Waals surface area contributed by atoms with Crippen LogP contribution in [0.2, 0.25) is 0 Å². The first-order valence-corrected chi connectivity index (χ1v) is 6.72. The Morgan fingerprint density at radius 2 is 2.00 bits per heavy atom. The molecule has 0 bridgehead atoms. The number of fused-ring (bicyclic) bond motifs is 1. The molecule has 2 heterocycles. The van der Waals surface area contributed by atoms with Crippen molar-refractivity contribution in [3.8, 4) is 0 Å². The standard InChI is InChI=1S/C16H13FN4O/c17-13-7-4-12(5-8-13)6-9-16(22)18-11-15-20-19-14-3-1-2-10-21(14)15/h1-10H,11H2,(H,18,22)/b9-6+. The summed E-state index contributed by atoms with van der Waals surface area (Å²) in [4.78, 5) is 11.8. The number of pyridine rings is 1. The van der Waals surface area contributed by atoms with E-state index in [1.807, 2.05) is 28.8 Å². The minimum Gasteiger partial charge on any atom is -0.345 e. The Morgan fingerprint density at radius 1 is 1.18 bits per heavy atom.